The van der Waals surface area contributed by atoms with E-state index in [9.17, 15) is 4.79 Å². The molecule has 1 aromatic heterocycles. The van der Waals surface area contributed by atoms with Crippen molar-refractivity contribution < 1.29 is 14.3 Å². The number of aromatic nitrogens is 2. The molecule has 2 heterocycles. The first-order chi connectivity index (χ1) is 10.8. The molecular weight excluding hydrogens is 282 g/mol. The number of carbonyl (C=O) groups excluding carboxylic acids is 1. The first kappa shape index (κ1) is 14.5. The van der Waals surface area contributed by atoms with Crippen molar-refractivity contribution in [1.29, 1.82) is 0 Å². The first-order valence-electron chi connectivity index (χ1n) is 7.18. The molecule has 1 aromatic carbocycles. The number of aliphatic imine (C=N–C) groups is 1. The van der Waals surface area contributed by atoms with Gasteiger partial charge in [0.1, 0.15) is 11.9 Å². The molecule has 1 fully saturated rings. The summed E-state index contributed by atoms with van der Waals surface area (Å²) in [5.41, 5.74) is 1.05. The maximum Gasteiger partial charge on any atom is 0.312 e. The van der Waals surface area contributed by atoms with Gasteiger partial charge in [-0.05, 0) is 12.0 Å². The number of cyclic esters (lactones) is 1. The fraction of sp³-hybridized carbons (Fsp3) is 0.312. The molecule has 0 bridgehead atoms. The lowest BCUT2D eigenvalue weighted by molar-refractivity contribution is -0.143. The van der Waals surface area contributed by atoms with Gasteiger partial charge in [0.2, 0.25) is 0 Å². The molecule has 0 saturated carbocycles. The van der Waals surface area contributed by atoms with Crippen LogP contribution in [0.4, 0.5) is 5.82 Å². The first-order valence-corrected chi connectivity index (χ1v) is 7.18. The van der Waals surface area contributed by atoms with E-state index in [1.54, 1.807) is 18.5 Å². The van der Waals surface area contributed by atoms with Crippen molar-refractivity contribution in [2.24, 2.45) is 10.9 Å². The number of ether oxygens (including phenoxy) is 2. The summed E-state index contributed by atoms with van der Waals surface area (Å²) in [6, 6.07) is 11.6. The van der Waals surface area contributed by atoms with Crippen molar-refractivity contribution in [3.05, 3.63) is 48.2 Å². The third-order valence-electron chi connectivity index (χ3n) is 3.50. The highest BCUT2D eigenvalue weighted by atomic mass is 16.5. The minimum absolute atomic E-state index is 0.228. The molecule has 22 heavy (non-hydrogen) atoms. The summed E-state index contributed by atoms with van der Waals surface area (Å²) in [5.74, 6) is 0.0872. The van der Waals surface area contributed by atoms with Crippen molar-refractivity contribution >= 4 is 18.0 Å². The van der Waals surface area contributed by atoms with Gasteiger partial charge in [-0.3, -0.25) is 9.89 Å². The number of hydrogen-bond donors (Lipinski definition) is 1. The van der Waals surface area contributed by atoms with Gasteiger partial charge in [0.15, 0.2) is 0 Å². The maximum absolute atomic E-state index is 11.8. The molecule has 1 aliphatic heterocycles. The Morgan fingerprint density at radius 2 is 2.27 bits per heavy atom. The van der Waals surface area contributed by atoms with Crippen LogP contribution in [0.25, 0.3) is 0 Å². The fourth-order valence-corrected chi connectivity index (χ4v) is 2.31. The van der Waals surface area contributed by atoms with Gasteiger partial charge in [-0.25, -0.2) is 4.99 Å². The summed E-state index contributed by atoms with van der Waals surface area (Å²) < 4.78 is 10.9. The second-order valence-electron chi connectivity index (χ2n) is 5.04. The van der Waals surface area contributed by atoms with Crippen LogP contribution in [0.5, 0.6) is 0 Å². The van der Waals surface area contributed by atoms with Gasteiger partial charge >= 0.3 is 5.97 Å². The summed E-state index contributed by atoms with van der Waals surface area (Å²) >= 11 is 0. The minimum atomic E-state index is -0.418. The van der Waals surface area contributed by atoms with E-state index in [0.717, 1.165) is 5.56 Å². The van der Waals surface area contributed by atoms with Gasteiger partial charge in [-0.1, -0.05) is 30.3 Å². The normalized spacial score (nSPS) is 19.5. The van der Waals surface area contributed by atoms with Crippen LogP contribution in [0.2, 0.25) is 0 Å². The number of carbonyl (C=O) groups is 1. The number of nitrogens with zero attached hydrogens (tertiary/aromatic N) is 2. The molecule has 0 aliphatic carbocycles. The predicted octanol–water partition coefficient (Wildman–Crippen LogP) is 2.26. The Morgan fingerprint density at radius 3 is 2.95 bits per heavy atom. The van der Waals surface area contributed by atoms with Crippen molar-refractivity contribution in [1.82, 2.24) is 10.2 Å². The lowest BCUT2D eigenvalue weighted by Crippen LogP contribution is -2.29. The van der Waals surface area contributed by atoms with Crippen LogP contribution in [0, 0.1) is 5.92 Å². The maximum atomic E-state index is 11.8. The fourth-order valence-electron chi connectivity index (χ4n) is 2.31. The molecule has 1 N–H and O–H groups in total. The zero-order chi connectivity index (χ0) is 15.2. The largest absolute Gasteiger partial charge is 0.465 e. The van der Waals surface area contributed by atoms with Crippen molar-refractivity contribution in [2.75, 3.05) is 6.61 Å². The second kappa shape index (κ2) is 7.00. The molecule has 114 valence electrons. The van der Waals surface area contributed by atoms with Gasteiger partial charge in [0.25, 0.3) is 0 Å². The highest BCUT2D eigenvalue weighted by Gasteiger charge is 2.34. The van der Waals surface area contributed by atoms with Crippen LogP contribution in [0.1, 0.15) is 12.0 Å². The van der Waals surface area contributed by atoms with Crippen LogP contribution in [0.3, 0.4) is 0 Å². The van der Waals surface area contributed by atoms with Gasteiger partial charge in [0.05, 0.1) is 25.3 Å². The molecule has 0 amide bonds. The Morgan fingerprint density at radius 1 is 1.41 bits per heavy atom. The number of nitrogens with one attached hydrogen (secondary N) is 1. The summed E-state index contributed by atoms with van der Waals surface area (Å²) in [6.07, 6.45) is 3.50. The molecule has 1 aliphatic rings. The van der Waals surface area contributed by atoms with E-state index in [1.165, 1.54) is 0 Å². The Labute approximate surface area is 128 Å². The van der Waals surface area contributed by atoms with Gasteiger partial charge in [-0.15, -0.1) is 0 Å². The third kappa shape index (κ3) is 3.59. The minimum Gasteiger partial charge on any atom is -0.465 e. The molecular formula is C16H17N3O3. The highest BCUT2D eigenvalue weighted by Crippen LogP contribution is 2.21. The summed E-state index contributed by atoms with van der Waals surface area (Å²) in [6.45, 7) is 0.858. The molecule has 0 radical (unpaired) electrons. The number of rotatable bonds is 6. The number of hydrogen-bond acceptors (Lipinski definition) is 5. The zero-order valence-electron chi connectivity index (χ0n) is 12.0. The van der Waals surface area contributed by atoms with E-state index in [1.807, 2.05) is 30.3 Å². The lowest BCUT2D eigenvalue weighted by atomic mass is 10.0. The summed E-state index contributed by atoms with van der Waals surface area (Å²) in [4.78, 5) is 16.1. The average molecular weight is 299 g/mol. The Bertz CT molecular complexity index is 625. The Kier molecular flexibility index (Phi) is 4.60. The van der Waals surface area contributed by atoms with Crippen LogP contribution in [-0.2, 0) is 20.9 Å². The molecule has 3 rings (SSSR count). The van der Waals surface area contributed by atoms with Gasteiger partial charge in [0, 0.05) is 12.3 Å². The van der Waals surface area contributed by atoms with Crippen molar-refractivity contribution in [3.8, 4) is 0 Å². The van der Waals surface area contributed by atoms with E-state index in [4.69, 9.17) is 9.47 Å². The van der Waals surface area contributed by atoms with Crippen molar-refractivity contribution in [3.63, 3.8) is 0 Å². The number of esters is 1. The molecule has 2 unspecified atom stereocenters. The Hall–Kier alpha value is -2.47. The van der Waals surface area contributed by atoms with E-state index in [-0.39, 0.29) is 11.9 Å². The van der Waals surface area contributed by atoms with Crippen molar-refractivity contribution in [2.45, 2.75) is 19.1 Å². The van der Waals surface area contributed by atoms with Gasteiger partial charge in [-0.2, -0.15) is 5.10 Å². The zero-order valence-corrected chi connectivity index (χ0v) is 12.0. The van der Waals surface area contributed by atoms with Gasteiger partial charge < -0.3 is 9.47 Å². The van der Waals surface area contributed by atoms with E-state index < -0.39 is 6.10 Å². The molecule has 6 nitrogen and oxygen atoms in total. The second-order valence-corrected chi connectivity index (χ2v) is 5.04. The smallest absolute Gasteiger partial charge is 0.312 e. The molecule has 6 heteroatoms. The van der Waals surface area contributed by atoms with Crippen LogP contribution in [-0.4, -0.2) is 35.1 Å². The van der Waals surface area contributed by atoms with Crippen LogP contribution in [0.15, 0.2) is 47.6 Å². The number of benzene rings is 1. The molecule has 0 spiro atoms. The standard InChI is InChI=1S/C16H17N3O3/c20-16-13(7-9-21-16)14(10-17-15-6-8-18-19-15)22-11-12-4-2-1-3-5-12/h1-6,8,10,13-14H,7,9,11H2,(H,18,19). The molecule has 2 aromatic rings. The number of H-pyrrole nitrogens is 1. The van der Waals surface area contributed by atoms with E-state index in [0.29, 0.717) is 25.5 Å². The van der Waals surface area contributed by atoms with Crippen LogP contribution < -0.4 is 0 Å². The van der Waals surface area contributed by atoms with Crippen LogP contribution >= 0.6 is 0 Å². The topological polar surface area (TPSA) is 76.6 Å². The monoisotopic (exact) mass is 299 g/mol. The van der Waals surface area contributed by atoms with E-state index in [2.05, 4.69) is 15.2 Å². The summed E-state index contributed by atoms with van der Waals surface area (Å²) in [5, 5.41) is 6.58. The highest BCUT2D eigenvalue weighted by molar-refractivity contribution is 5.81. The molecule has 2 atom stereocenters. The number of aromatic amines is 1. The lowest BCUT2D eigenvalue weighted by Gasteiger charge is -2.17. The van der Waals surface area contributed by atoms with E-state index >= 15 is 0 Å². The predicted molar refractivity (Wildman–Crippen MR) is 80.8 cm³/mol. The average Bonchev–Trinajstić information content (AvgIpc) is 3.20. The Balaban J connectivity index is 1.69. The molecule has 1 saturated heterocycles. The quantitative estimate of drug-likeness (QED) is 0.655. The third-order valence-corrected chi connectivity index (χ3v) is 3.50. The SMILES string of the molecule is O=C1OCCC1C(C=Nc1ccn[nH]1)OCc1ccccc1. The summed E-state index contributed by atoms with van der Waals surface area (Å²) in [7, 11) is 0.